The highest BCUT2D eigenvalue weighted by molar-refractivity contribution is 6.47. The lowest BCUT2D eigenvalue weighted by atomic mass is 9.63. The fourth-order valence-electron chi connectivity index (χ4n) is 4.19. The second kappa shape index (κ2) is 10.6. The van der Waals surface area contributed by atoms with Gasteiger partial charge in [-0.1, -0.05) is 12.1 Å². The number of carbonyl (C=O) groups excluding carboxylic acids is 4. The first-order chi connectivity index (χ1) is 16.0. The Kier molecular flexibility index (Phi) is 8.02. The van der Waals surface area contributed by atoms with Crippen LogP contribution in [0.15, 0.2) is 18.2 Å². The lowest BCUT2D eigenvalue weighted by Gasteiger charge is -2.32. The third-order valence-corrected chi connectivity index (χ3v) is 6.29. The number of ether oxygens (including phenoxy) is 2. The van der Waals surface area contributed by atoms with Gasteiger partial charge in [-0.15, -0.1) is 0 Å². The standard InChI is InChI=1S/C24H32BNO8/c1-15(27)26-10-8-16(9-11-26)20(28)13-18-12-17-6-5-7-19(21(17)34-25(18)31)22(29)32-14-33-23(30)24(2,3)4/h5-7,16,18,31H,8-14H2,1-4H3/t18-/m1/s1. The number of para-hydroxylation sites is 1. The van der Waals surface area contributed by atoms with E-state index in [9.17, 15) is 24.2 Å². The van der Waals surface area contributed by atoms with Gasteiger partial charge in [-0.2, -0.15) is 0 Å². The Hall–Kier alpha value is -2.88. The van der Waals surface area contributed by atoms with Gasteiger partial charge in [0.25, 0.3) is 0 Å². The van der Waals surface area contributed by atoms with Crippen LogP contribution < -0.4 is 4.65 Å². The van der Waals surface area contributed by atoms with E-state index in [2.05, 4.69) is 0 Å². The summed E-state index contributed by atoms with van der Waals surface area (Å²) in [5.41, 5.74) is 0.0861. The smallest absolute Gasteiger partial charge is 0.526 e. The Morgan fingerprint density at radius 3 is 2.44 bits per heavy atom. The molecule has 0 unspecified atom stereocenters. The predicted molar refractivity (Wildman–Crippen MR) is 123 cm³/mol. The molecule has 0 aliphatic carbocycles. The number of fused-ring (bicyclic) bond motifs is 1. The Balaban J connectivity index is 1.59. The SMILES string of the molecule is CC(=O)N1CCC(C(=O)C[C@H]2Cc3cccc(C(=O)OCOC(=O)C(C)(C)C)c3OB2O)CC1. The number of Topliss-reactive ketones (excluding diaryl/α,β-unsaturated/α-hetero) is 1. The maximum Gasteiger partial charge on any atom is 0.526 e. The minimum absolute atomic E-state index is 0.0142. The Morgan fingerprint density at radius 1 is 1.15 bits per heavy atom. The number of hydrogen-bond acceptors (Lipinski definition) is 8. The molecule has 0 bridgehead atoms. The van der Waals surface area contributed by atoms with Gasteiger partial charge in [-0.05, 0) is 51.7 Å². The third-order valence-electron chi connectivity index (χ3n) is 6.29. The van der Waals surface area contributed by atoms with Crippen LogP contribution in [0.3, 0.4) is 0 Å². The fourth-order valence-corrected chi connectivity index (χ4v) is 4.19. The summed E-state index contributed by atoms with van der Waals surface area (Å²) in [6.07, 6.45) is 1.76. The molecule has 1 amide bonds. The van der Waals surface area contributed by atoms with Crippen LogP contribution in [0.5, 0.6) is 5.75 Å². The number of amides is 1. The molecule has 0 saturated carbocycles. The van der Waals surface area contributed by atoms with Crippen molar-refractivity contribution in [3.05, 3.63) is 29.3 Å². The normalized spacial score (nSPS) is 18.6. The van der Waals surface area contributed by atoms with E-state index in [1.807, 2.05) is 0 Å². The van der Waals surface area contributed by atoms with Crippen molar-refractivity contribution in [1.82, 2.24) is 4.90 Å². The second-order valence-electron chi connectivity index (χ2n) is 9.95. The van der Waals surface area contributed by atoms with Crippen LogP contribution in [0, 0.1) is 11.3 Å². The molecule has 1 saturated heterocycles. The van der Waals surface area contributed by atoms with E-state index < -0.39 is 37.1 Å². The quantitative estimate of drug-likeness (QED) is 0.380. The first kappa shape index (κ1) is 25.7. The van der Waals surface area contributed by atoms with E-state index >= 15 is 0 Å². The van der Waals surface area contributed by atoms with Gasteiger partial charge in [0.15, 0.2) is 0 Å². The molecule has 1 aromatic carbocycles. The lowest BCUT2D eigenvalue weighted by molar-refractivity contribution is -0.161. The maximum absolute atomic E-state index is 12.8. The van der Waals surface area contributed by atoms with Gasteiger partial charge in [0.1, 0.15) is 17.1 Å². The van der Waals surface area contributed by atoms with Crippen molar-refractivity contribution < 1.29 is 38.3 Å². The van der Waals surface area contributed by atoms with Crippen LogP contribution in [-0.2, 0) is 30.3 Å². The maximum atomic E-state index is 12.8. The zero-order valence-corrected chi connectivity index (χ0v) is 20.2. The number of nitrogens with zero attached hydrogens (tertiary/aromatic N) is 1. The molecular weight excluding hydrogens is 441 g/mol. The molecule has 1 fully saturated rings. The van der Waals surface area contributed by atoms with Gasteiger partial charge in [-0.3, -0.25) is 14.4 Å². The summed E-state index contributed by atoms with van der Waals surface area (Å²) < 4.78 is 15.7. The summed E-state index contributed by atoms with van der Waals surface area (Å²) in [5, 5.41) is 10.6. The number of rotatable bonds is 6. The van der Waals surface area contributed by atoms with E-state index in [0.29, 0.717) is 37.9 Å². The van der Waals surface area contributed by atoms with Crippen molar-refractivity contribution in [2.45, 2.75) is 59.2 Å². The van der Waals surface area contributed by atoms with Crippen molar-refractivity contribution in [2.75, 3.05) is 19.9 Å². The highest BCUT2D eigenvalue weighted by atomic mass is 16.7. The second-order valence-corrected chi connectivity index (χ2v) is 9.95. The lowest BCUT2D eigenvalue weighted by Crippen LogP contribution is -2.40. The zero-order chi connectivity index (χ0) is 25.0. The molecule has 0 spiro atoms. The topological polar surface area (TPSA) is 119 Å². The van der Waals surface area contributed by atoms with Gasteiger partial charge in [0.05, 0.1) is 5.41 Å². The number of likely N-dealkylation sites (tertiary alicyclic amines) is 1. The molecular formula is C24H32BNO8. The minimum Gasteiger partial charge on any atom is -0.535 e. The summed E-state index contributed by atoms with van der Waals surface area (Å²) in [7, 11) is -1.25. The molecule has 10 heteroatoms. The van der Waals surface area contributed by atoms with Crippen LogP contribution in [0.4, 0.5) is 0 Å². The van der Waals surface area contributed by atoms with Crippen LogP contribution in [-0.4, -0.2) is 60.6 Å². The fraction of sp³-hybridized carbons (Fsp3) is 0.583. The van der Waals surface area contributed by atoms with Crippen molar-refractivity contribution in [3.8, 4) is 5.75 Å². The molecule has 2 aliphatic heterocycles. The van der Waals surface area contributed by atoms with E-state index in [1.165, 1.54) is 13.0 Å². The molecule has 3 rings (SSSR count). The van der Waals surface area contributed by atoms with Gasteiger partial charge in [0, 0.05) is 38.2 Å². The number of carbonyl (C=O) groups is 4. The first-order valence-corrected chi connectivity index (χ1v) is 11.6. The van der Waals surface area contributed by atoms with Crippen molar-refractivity contribution in [3.63, 3.8) is 0 Å². The number of hydrogen-bond donors (Lipinski definition) is 1. The van der Waals surface area contributed by atoms with Crippen LogP contribution in [0.2, 0.25) is 5.82 Å². The summed E-state index contributed by atoms with van der Waals surface area (Å²) in [6.45, 7) is 7.20. The molecule has 184 valence electrons. The Morgan fingerprint density at radius 2 is 1.82 bits per heavy atom. The monoisotopic (exact) mass is 473 g/mol. The van der Waals surface area contributed by atoms with E-state index in [4.69, 9.17) is 14.1 Å². The minimum atomic E-state index is -1.25. The van der Waals surface area contributed by atoms with Crippen molar-refractivity contribution >= 4 is 30.7 Å². The molecule has 2 aliphatic rings. The van der Waals surface area contributed by atoms with Crippen LogP contribution in [0.25, 0.3) is 0 Å². The number of benzene rings is 1. The highest BCUT2D eigenvalue weighted by Crippen LogP contribution is 2.37. The van der Waals surface area contributed by atoms with Crippen LogP contribution >= 0.6 is 0 Å². The summed E-state index contributed by atoms with van der Waals surface area (Å²) in [5.74, 6) is -1.54. The molecule has 9 nitrogen and oxygen atoms in total. The average Bonchev–Trinajstić information content (AvgIpc) is 2.78. The van der Waals surface area contributed by atoms with Crippen molar-refractivity contribution in [2.24, 2.45) is 11.3 Å². The van der Waals surface area contributed by atoms with E-state index in [-0.39, 0.29) is 35.3 Å². The first-order valence-electron chi connectivity index (χ1n) is 11.6. The average molecular weight is 473 g/mol. The summed E-state index contributed by atoms with van der Waals surface area (Å²) in [4.78, 5) is 50.4. The Bertz CT molecular complexity index is 949. The molecule has 1 N–H and O–H groups in total. The molecule has 34 heavy (non-hydrogen) atoms. The molecule has 1 atom stereocenters. The Labute approximate surface area is 199 Å². The zero-order valence-electron chi connectivity index (χ0n) is 20.2. The summed E-state index contributed by atoms with van der Waals surface area (Å²) >= 11 is 0. The van der Waals surface area contributed by atoms with Gasteiger partial charge in [0.2, 0.25) is 12.7 Å². The van der Waals surface area contributed by atoms with Gasteiger partial charge >= 0.3 is 19.1 Å². The number of ketones is 1. The van der Waals surface area contributed by atoms with Crippen LogP contribution in [0.1, 0.15) is 62.9 Å². The molecule has 1 aromatic rings. The van der Waals surface area contributed by atoms with Gasteiger partial charge < -0.3 is 24.1 Å². The summed E-state index contributed by atoms with van der Waals surface area (Å²) in [6, 6.07) is 4.96. The molecule has 2 heterocycles. The van der Waals surface area contributed by atoms with E-state index in [0.717, 1.165) is 0 Å². The third kappa shape index (κ3) is 6.17. The highest BCUT2D eigenvalue weighted by Gasteiger charge is 2.39. The van der Waals surface area contributed by atoms with Gasteiger partial charge in [-0.25, -0.2) is 4.79 Å². The van der Waals surface area contributed by atoms with Crippen molar-refractivity contribution in [1.29, 1.82) is 0 Å². The molecule has 0 radical (unpaired) electrons. The predicted octanol–water partition coefficient (Wildman–Crippen LogP) is 2.39. The molecule has 0 aromatic heterocycles. The van der Waals surface area contributed by atoms with E-state index in [1.54, 1.807) is 37.8 Å². The number of esters is 2. The number of piperidine rings is 1. The largest absolute Gasteiger partial charge is 0.535 e.